The molecule has 0 spiro atoms. The molecule has 340 valence electrons. The van der Waals surface area contributed by atoms with Crippen molar-refractivity contribution < 1.29 is 62.4 Å². The molecule has 62 heavy (non-hydrogen) atoms. The lowest BCUT2D eigenvalue weighted by molar-refractivity contribution is -0.139. The van der Waals surface area contributed by atoms with Crippen LogP contribution in [0.5, 0.6) is 0 Å². The fourth-order valence-electron chi connectivity index (χ4n) is 6.94. The van der Waals surface area contributed by atoms with Crippen LogP contribution >= 0.6 is 0 Å². The van der Waals surface area contributed by atoms with E-state index in [-0.39, 0.29) is 82.1 Å². The van der Waals surface area contributed by atoms with E-state index in [4.69, 9.17) is 35.5 Å². The topological polar surface area (TPSA) is 276 Å². The van der Waals surface area contributed by atoms with Crippen molar-refractivity contribution in [2.24, 2.45) is 5.73 Å². The molecule has 2 atom stereocenters. The first-order chi connectivity index (χ1) is 29.4. The Kier molecular flexibility index (Phi) is 21.3. The molecule has 2 fully saturated rings. The normalized spacial score (nSPS) is 17.8. The molecule has 6 rings (SSSR count). The number of anilines is 1. The van der Waals surface area contributed by atoms with Crippen LogP contribution < -0.4 is 22.1 Å². The molecular formula is C43H60N6O13. The lowest BCUT2D eigenvalue weighted by Crippen LogP contribution is -2.52. The Hall–Kier alpha value is -5.60. The van der Waals surface area contributed by atoms with Crippen molar-refractivity contribution >= 4 is 52.9 Å². The smallest absolute Gasteiger partial charge is 0.305 e. The quantitative estimate of drug-likeness (QED) is 0.0717. The maximum Gasteiger partial charge on any atom is 0.305 e. The van der Waals surface area contributed by atoms with Crippen LogP contribution in [0.4, 0.5) is 5.69 Å². The van der Waals surface area contributed by atoms with Gasteiger partial charge in [-0.3, -0.25) is 49.0 Å². The van der Waals surface area contributed by atoms with E-state index in [2.05, 4.69) is 10.6 Å². The van der Waals surface area contributed by atoms with Gasteiger partial charge in [0.2, 0.25) is 23.6 Å². The molecule has 0 bridgehead atoms. The number of benzene rings is 2. The maximum absolute atomic E-state index is 12.8. The van der Waals surface area contributed by atoms with E-state index in [0.717, 1.165) is 29.7 Å². The van der Waals surface area contributed by atoms with Crippen molar-refractivity contribution in [2.75, 3.05) is 65.1 Å². The number of fused-ring (bicyclic) bond motifs is 2. The van der Waals surface area contributed by atoms with Crippen molar-refractivity contribution in [3.05, 3.63) is 64.2 Å². The zero-order valence-corrected chi connectivity index (χ0v) is 34.4. The summed E-state index contributed by atoms with van der Waals surface area (Å²) in [4.78, 5) is 97.0. The Bertz CT molecular complexity index is 1910. The average Bonchev–Trinajstić information content (AvgIpc) is 3.74. The summed E-state index contributed by atoms with van der Waals surface area (Å²) in [6.45, 7) is 6.75. The summed E-state index contributed by atoms with van der Waals surface area (Å²) in [7, 11) is 0. The number of carbonyl (C=O) groups is 8. The molecule has 0 radical (unpaired) electrons. The van der Waals surface area contributed by atoms with Gasteiger partial charge in [-0.05, 0) is 48.6 Å². The number of carboxylic acids is 1. The third kappa shape index (κ3) is 14.8. The molecule has 2 aromatic carbocycles. The Morgan fingerprint density at radius 1 is 0.694 bits per heavy atom. The largest absolute Gasteiger partial charge is 0.481 e. The molecule has 7 N–H and O–H groups in total. The third-order valence-electron chi connectivity index (χ3n) is 10.0. The summed E-state index contributed by atoms with van der Waals surface area (Å²) < 4.78 is 20.7. The number of nitrogens with one attached hydrogen (secondary N) is 2. The number of ether oxygens (including phenoxy) is 4. The van der Waals surface area contributed by atoms with E-state index >= 15 is 0 Å². The highest BCUT2D eigenvalue weighted by Gasteiger charge is 2.41. The van der Waals surface area contributed by atoms with Gasteiger partial charge in [-0.1, -0.05) is 32.5 Å². The van der Waals surface area contributed by atoms with Crippen LogP contribution in [-0.2, 0) is 67.2 Å². The van der Waals surface area contributed by atoms with Crippen LogP contribution in [0.15, 0.2) is 36.4 Å². The first kappa shape index (κ1) is 50.8. The van der Waals surface area contributed by atoms with Gasteiger partial charge in [0, 0.05) is 74.3 Å². The van der Waals surface area contributed by atoms with Crippen molar-refractivity contribution in [2.45, 2.75) is 90.9 Å². The Balaban J connectivity index is 0.000000273. The number of nitrogen functional groups attached to an aromatic ring is 1. The molecule has 0 aliphatic carbocycles. The molecule has 19 heteroatoms. The zero-order chi connectivity index (χ0) is 44.3. The number of hydrogen-bond acceptors (Lipinski definition) is 14. The van der Waals surface area contributed by atoms with Crippen LogP contribution in [0, 0.1) is 0 Å². The number of ketones is 1. The van der Waals surface area contributed by atoms with Crippen molar-refractivity contribution in [1.82, 2.24) is 20.4 Å². The standard InChI is InChI=1S/C21H27N3O6.C13H13N3O3.C8H16O4.CH4/c22-7-9-30-11-10-29-8-6-15(25)12-14-2-1-3-16-17(14)13-24(21(16)28)18-4-5-19(26)23-20(18)27;14-9-3-1-2-7-8(9)6-16(13(7)19)10-4-5-11(17)15-12(10)18;1-2-4-11-6-7-12-5-3-8(9)10;/h1-3,18H,4-13,22H2,(H,23,26,27);1-3,10H,4-6,14H2,(H,15,17,18);2-7H2,1H3,(H,9,10);1H4. The molecule has 2 saturated heterocycles. The Morgan fingerprint density at radius 2 is 1.18 bits per heavy atom. The fourth-order valence-corrected chi connectivity index (χ4v) is 6.94. The summed E-state index contributed by atoms with van der Waals surface area (Å²) in [6.07, 6.45) is 2.67. The number of amides is 6. The molecule has 0 saturated carbocycles. The number of aliphatic carboxylic acids is 1. The molecular weight excluding hydrogens is 809 g/mol. The number of rotatable bonds is 20. The number of carboxylic acid groups (broad SMARTS) is 1. The Labute approximate surface area is 361 Å². The predicted molar refractivity (Wildman–Crippen MR) is 224 cm³/mol. The summed E-state index contributed by atoms with van der Waals surface area (Å²) in [5.74, 6) is -2.72. The second kappa shape index (κ2) is 26.0. The van der Waals surface area contributed by atoms with E-state index in [1.807, 2.05) is 13.0 Å². The molecule has 4 aliphatic rings. The van der Waals surface area contributed by atoms with Crippen LogP contribution in [0.2, 0.25) is 0 Å². The van der Waals surface area contributed by atoms with Crippen molar-refractivity contribution in [3.63, 3.8) is 0 Å². The summed E-state index contributed by atoms with van der Waals surface area (Å²) >= 11 is 0. The van der Waals surface area contributed by atoms with Crippen LogP contribution in [0.1, 0.15) is 96.7 Å². The molecule has 6 amide bonds. The summed E-state index contributed by atoms with van der Waals surface area (Å²) in [6, 6.07) is 9.21. The van der Waals surface area contributed by atoms with E-state index in [1.165, 1.54) is 9.80 Å². The number of imide groups is 2. The molecule has 0 aromatic heterocycles. The number of nitrogens with two attached hydrogens (primary N) is 2. The maximum atomic E-state index is 12.8. The van der Waals surface area contributed by atoms with Gasteiger partial charge in [0.1, 0.15) is 17.9 Å². The van der Waals surface area contributed by atoms with E-state index in [1.54, 1.807) is 30.3 Å². The second-order valence-corrected chi connectivity index (χ2v) is 14.5. The van der Waals surface area contributed by atoms with Crippen molar-refractivity contribution in [1.29, 1.82) is 0 Å². The molecule has 2 unspecified atom stereocenters. The zero-order valence-electron chi connectivity index (χ0n) is 34.4. The van der Waals surface area contributed by atoms with Gasteiger partial charge < -0.3 is 45.3 Å². The first-order valence-electron chi connectivity index (χ1n) is 20.4. The minimum absolute atomic E-state index is 0. The van der Waals surface area contributed by atoms with Crippen LogP contribution in [-0.4, -0.2) is 134 Å². The number of Topliss-reactive ketones (excluding diaryl/α,β-unsaturated/α-hetero) is 1. The first-order valence-corrected chi connectivity index (χ1v) is 20.4. The highest BCUT2D eigenvalue weighted by molar-refractivity contribution is 6.07. The van der Waals surface area contributed by atoms with Gasteiger partial charge in [-0.25, -0.2) is 0 Å². The number of carbonyl (C=O) groups excluding carboxylic acids is 7. The second-order valence-electron chi connectivity index (χ2n) is 14.5. The van der Waals surface area contributed by atoms with E-state index in [0.29, 0.717) is 82.4 Å². The highest BCUT2D eigenvalue weighted by atomic mass is 16.5. The lowest BCUT2D eigenvalue weighted by atomic mass is 9.98. The SMILES string of the molecule is C.CCCOCCOCCC(=O)O.NCCOCCOCCC(=O)Cc1cccc2c1CN(C1CCC(=O)NC1=O)C2=O.Nc1cccc2c1CN(C1CCC(=O)NC1=O)C2=O. The monoisotopic (exact) mass is 868 g/mol. The molecule has 2 aromatic rings. The Morgan fingerprint density at radius 3 is 1.68 bits per heavy atom. The third-order valence-corrected chi connectivity index (χ3v) is 10.0. The molecule has 4 heterocycles. The van der Waals surface area contributed by atoms with Gasteiger partial charge in [0.15, 0.2) is 0 Å². The van der Waals surface area contributed by atoms with Gasteiger partial charge in [-0.2, -0.15) is 0 Å². The van der Waals surface area contributed by atoms with Gasteiger partial charge in [0.25, 0.3) is 11.8 Å². The predicted octanol–water partition coefficient (Wildman–Crippen LogP) is 1.51. The lowest BCUT2D eigenvalue weighted by Gasteiger charge is -2.29. The minimum atomic E-state index is -0.829. The number of hydrogen-bond donors (Lipinski definition) is 5. The van der Waals surface area contributed by atoms with E-state index in [9.17, 15) is 38.4 Å². The summed E-state index contributed by atoms with van der Waals surface area (Å²) in [5.41, 5.74) is 15.1. The van der Waals surface area contributed by atoms with Crippen LogP contribution in [0.25, 0.3) is 0 Å². The summed E-state index contributed by atoms with van der Waals surface area (Å²) in [5, 5.41) is 12.8. The average molecular weight is 869 g/mol. The number of piperidine rings is 2. The van der Waals surface area contributed by atoms with Gasteiger partial charge in [-0.15, -0.1) is 0 Å². The van der Waals surface area contributed by atoms with Crippen LogP contribution in [0.3, 0.4) is 0 Å². The van der Waals surface area contributed by atoms with Gasteiger partial charge in [0.05, 0.1) is 52.7 Å². The van der Waals surface area contributed by atoms with Crippen molar-refractivity contribution in [3.8, 4) is 0 Å². The van der Waals surface area contributed by atoms with Gasteiger partial charge >= 0.3 is 5.97 Å². The highest BCUT2D eigenvalue weighted by Crippen LogP contribution is 2.32. The fraction of sp³-hybridized carbons (Fsp3) is 0.535. The minimum Gasteiger partial charge on any atom is -0.481 e. The molecule has 4 aliphatic heterocycles. The number of nitrogens with zero attached hydrogens (tertiary/aromatic N) is 2. The molecule has 19 nitrogen and oxygen atoms in total. The van der Waals surface area contributed by atoms with E-state index < -0.39 is 29.9 Å².